The molecule has 2 atom stereocenters. The van der Waals surface area contributed by atoms with Gasteiger partial charge in [0.15, 0.2) is 6.04 Å². The lowest BCUT2D eigenvalue weighted by Crippen LogP contribution is -2.36. The molecule has 0 bridgehead atoms. The molecular formula is C25H23F3N6O2. The molecule has 186 valence electrons. The maximum Gasteiger partial charge on any atom is 0.410 e. The molecule has 3 heterocycles. The molecule has 2 aromatic carbocycles. The van der Waals surface area contributed by atoms with E-state index in [1.54, 1.807) is 73.3 Å². The van der Waals surface area contributed by atoms with Gasteiger partial charge in [-0.05, 0) is 24.6 Å². The minimum Gasteiger partial charge on any atom is -0.363 e. The lowest BCUT2D eigenvalue weighted by atomic mass is 9.96. The molecule has 1 aliphatic heterocycles. The first-order chi connectivity index (χ1) is 17.2. The molecule has 0 aliphatic carbocycles. The second-order valence-electron chi connectivity index (χ2n) is 8.64. The molecule has 8 nitrogen and oxygen atoms in total. The SMILES string of the molecule is Cc1c(NC(=O)c2cnn3c2N[C@H](c2ccccc2)C[C@H]3C(F)(F)F)c(=O)n(-c2ccccc2)n1C. The number of rotatable bonds is 4. The van der Waals surface area contributed by atoms with E-state index in [0.29, 0.717) is 16.9 Å². The number of amides is 1. The molecule has 4 aromatic rings. The predicted molar refractivity (Wildman–Crippen MR) is 128 cm³/mol. The third-order valence-corrected chi connectivity index (χ3v) is 6.48. The van der Waals surface area contributed by atoms with E-state index in [1.807, 2.05) is 6.07 Å². The fourth-order valence-electron chi connectivity index (χ4n) is 4.53. The van der Waals surface area contributed by atoms with Crippen LogP contribution < -0.4 is 16.2 Å². The summed E-state index contributed by atoms with van der Waals surface area (Å²) >= 11 is 0. The minimum atomic E-state index is -4.57. The number of aromatic nitrogens is 4. The highest BCUT2D eigenvalue weighted by Gasteiger charge is 2.47. The topological polar surface area (TPSA) is 85.9 Å². The number of hydrogen-bond acceptors (Lipinski definition) is 4. The Morgan fingerprint density at radius 3 is 2.36 bits per heavy atom. The van der Waals surface area contributed by atoms with Crippen molar-refractivity contribution >= 4 is 17.4 Å². The van der Waals surface area contributed by atoms with Crippen molar-refractivity contribution < 1.29 is 18.0 Å². The fraction of sp³-hybridized carbons (Fsp3) is 0.240. The summed E-state index contributed by atoms with van der Waals surface area (Å²) < 4.78 is 45.6. The molecule has 2 N–H and O–H groups in total. The average Bonchev–Trinajstić information content (AvgIpc) is 3.38. The number of carbonyl (C=O) groups excluding carboxylic acids is 1. The zero-order valence-corrected chi connectivity index (χ0v) is 19.5. The highest BCUT2D eigenvalue weighted by Crippen LogP contribution is 2.44. The molecule has 0 unspecified atom stereocenters. The Morgan fingerprint density at radius 1 is 1.08 bits per heavy atom. The summed E-state index contributed by atoms with van der Waals surface area (Å²) in [5.41, 5.74) is 1.25. The lowest BCUT2D eigenvalue weighted by molar-refractivity contribution is -0.173. The Hall–Kier alpha value is -4.28. The predicted octanol–water partition coefficient (Wildman–Crippen LogP) is 4.59. The molecule has 0 saturated carbocycles. The number of halogens is 3. The van der Waals surface area contributed by atoms with E-state index in [1.165, 1.54) is 4.68 Å². The Balaban J connectivity index is 1.51. The van der Waals surface area contributed by atoms with Crippen LogP contribution in [-0.4, -0.2) is 31.2 Å². The first-order valence-electron chi connectivity index (χ1n) is 11.3. The van der Waals surface area contributed by atoms with Gasteiger partial charge < -0.3 is 10.6 Å². The molecule has 2 aromatic heterocycles. The van der Waals surface area contributed by atoms with Crippen molar-refractivity contribution in [1.82, 2.24) is 19.1 Å². The molecule has 5 rings (SSSR count). The third-order valence-electron chi connectivity index (χ3n) is 6.48. The minimum absolute atomic E-state index is 0.0362. The van der Waals surface area contributed by atoms with Crippen LogP contribution in [0.15, 0.2) is 71.7 Å². The molecule has 1 aliphatic rings. The highest BCUT2D eigenvalue weighted by molar-refractivity contribution is 6.07. The number of fused-ring (bicyclic) bond motifs is 1. The van der Waals surface area contributed by atoms with Crippen molar-refractivity contribution in [2.75, 3.05) is 10.6 Å². The van der Waals surface area contributed by atoms with Gasteiger partial charge in [-0.2, -0.15) is 18.3 Å². The largest absolute Gasteiger partial charge is 0.410 e. The van der Waals surface area contributed by atoms with Crippen LogP contribution in [0.2, 0.25) is 0 Å². The summed E-state index contributed by atoms with van der Waals surface area (Å²) in [6.45, 7) is 1.67. The smallest absolute Gasteiger partial charge is 0.363 e. The van der Waals surface area contributed by atoms with Crippen molar-refractivity contribution in [2.24, 2.45) is 7.05 Å². The lowest BCUT2D eigenvalue weighted by Gasteiger charge is -2.34. The van der Waals surface area contributed by atoms with Crippen molar-refractivity contribution in [3.8, 4) is 5.69 Å². The van der Waals surface area contributed by atoms with Gasteiger partial charge in [-0.25, -0.2) is 9.36 Å². The summed E-state index contributed by atoms with van der Waals surface area (Å²) in [6.07, 6.45) is -3.75. The first kappa shape index (κ1) is 23.5. The van der Waals surface area contributed by atoms with Crippen LogP contribution in [-0.2, 0) is 7.05 Å². The van der Waals surface area contributed by atoms with Gasteiger partial charge in [0.05, 0.1) is 23.6 Å². The number of anilines is 2. The molecule has 0 fully saturated rings. The highest BCUT2D eigenvalue weighted by atomic mass is 19.4. The second kappa shape index (κ2) is 8.74. The van der Waals surface area contributed by atoms with Crippen LogP contribution in [0.5, 0.6) is 0 Å². The van der Waals surface area contributed by atoms with Gasteiger partial charge in [0, 0.05) is 13.5 Å². The number of carbonyl (C=O) groups is 1. The van der Waals surface area contributed by atoms with Gasteiger partial charge in [-0.3, -0.25) is 14.3 Å². The van der Waals surface area contributed by atoms with E-state index in [2.05, 4.69) is 15.7 Å². The Bertz CT molecular complexity index is 1470. The number of benzene rings is 2. The second-order valence-corrected chi connectivity index (χ2v) is 8.64. The fourth-order valence-corrected chi connectivity index (χ4v) is 4.53. The van der Waals surface area contributed by atoms with Crippen LogP contribution in [0.3, 0.4) is 0 Å². The van der Waals surface area contributed by atoms with Gasteiger partial charge in [0.1, 0.15) is 17.1 Å². The molecule has 0 spiro atoms. The summed E-state index contributed by atoms with van der Waals surface area (Å²) in [5, 5.41) is 9.55. The summed E-state index contributed by atoms with van der Waals surface area (Å²) in [5.74, 6) is -0.781. The molecule has 0 saturated heterocycles. The van der Waals surface area contributed by atoms with Crippen LogP contribution in [0, 0.1) is 6.92 Å². The van der Waals surface area contributed by atoms with Gasteiger partial charge in [-0.15, -0.1) is 0 Å². The third kappa shape index (κ3) is 3.96. The normalized spacial score (nSPS) is 17.4. The van der Waals surface area contributed by atoms with Crippen molar-refractivity contribution in [2.45, 2.75) is 31.6 Å². The maximum atomic E-state index is 13.9. The average molecular weight is 496 g/mol. The van der Waals surface area contributed by atoms with Crippen molar-refractivity contribution in [3.63, 3.8) is 0 Å². The summed E-state index contributed by atoms with van der Waals surface area (Å²) in [7, 11) is 1.68. The quantitative estimate of drug-likeness (QED) is 0.433. The number of para-hydroxylation sites is 1. The molecule has 0 radical (unpaired) electrons. The van der Waals surface area contributed by atoms with Crippen LogP contribution in [0.1, 0.15) is 40.1 Å². The Kier molecular flexibility index (Phi) is 5.70. The van der Waals surface area contributed by atoms with Gasteiger partial charge >= 0.3 is 6.18 Å². The summed E-state index contributed by atoms with van der Waals surface area (Å²) in [6, 6.07) is 15.0. The molecular weight excluding hydrogens is 473 g/mol. The molecule has 36 heavy (non-hydrogen) atoms. The van der Waals surface area contributed by atoms with Crippen molar-refractivity contribution in [3.05, 3.63) is 94.0 Å². The van der Waals surface area contributed by atoms with Gasteiger partial charge in [0.2, 0.25) is 0 Å². The Morgan fingerprint density at radius 2 is 1.72 bits per heavy atom. The van der Waals surface area contributed by atoms with E-state index in [4.69, 9.17) is 0 Å². The number of alkyl halides is 3. The zero-order valence-electron chi connectivity index (χ0n) is 19.5. The number of hydrogen-bond donors (Lipinski definition) is 2. The van der Waals surface area contributed by atoms with Gasteiger partial charge in [-0.1, -0.05) is 48.5 Å². The maximum absolute atomic E-state index is 13.9. The zero-order chi connectivity index (χ0) is 25.6. The van der Waals surface area contributed by atoms with Gasteiger partial charge in [0.25, 0.3) is 11.5 Å². The summed E-state index contributed by atoms with van der Waals surface area (Å²) in [4.78, 5) is 26.4. The number of nitrogens with one attached hydrogen (secondary N) is 2. The van der Waals surface area contributed by atoms with Crippen LogP contribution in [0.4, 0.5) is 24.7 Å². The standard InChI is InChI=1S/C25H23F3N6O2/c1-15-21(24(36)34(32(15)2)17-11-7-4-8-12-17)31-23(35)18-14-29-33-20(25(26,27)28)13-19(30-22(18)33)16-9-5-3-6-10-16/h3-12,14,19-20,30H,13H2,1-2H3,(H,31,35)/t19-,20-/m0/s1. The van der Waals surface area contributed by atoms with E-state index < -0.39 is 29.7 Å². The van der Waals surface area contributed by atoms with E-state index >= 15 is 0 Å². The van der Waals surface area contributed by atoms with E-state index in [-0.39, 0.29) is 23.5 Å². The number of nitrogens with zero attached hydrogens (tertiary/aromatic N) is 4. The van der Waals surface area contributed by atoms with E-state index in [9.17, 15) is 22.8 Å². The van der Waals surface area contributed by atoms with Crippen LogP contribution in [0.25, 0.3) is 5.69 Å². The van der Waals surface area contributed by atoms with Crippen LogP contribution >= 0.6 is 0 Å². The van der Waals surface area contributed by atoms with Crippen molar-refractivity contribution in [1.29, 1.82) is 0 Å². The molecule has 11 heteroatoms. The first-order valence-corrected chi connectivity index (χ1v) is 11.3. The molecule has 1 amide bonds. The monoisotopic (exact) mass is 496 g/mol. The Labute approximate surface area is 203 Å². The van der Waals surface area contributed by atoms with E-state index in [0.717, 1.165) is 10.9 Å².